The summed E-state index contributed by atoms with van der Waals surface area (Å²) in [5.41, 5.74) is 14.5. The quantitative estimate of drug-likeness (QED) is 0.761. The van der Waals surface area contributed by atoms with Crippen molar-refractivity contribution in [3.05, 3.63) is 28.8 Å². The number of aryl methyl sites for hydroxylation is 2. The predicted octanol–water partition coefficient (Wildman–Crippen LogP) is 0.135. The minimum absolute atomic E-state index is 0.123. The van der Waals surface area contributed by atoms with Crippen molar-refractivity contribution in [2.24, 2.45) is 11.5 Å². The van der Waals surface area contributed by atoms with Crippen LogP contribution in [0.5, 0.6) is 0 Å². The highest BCUT2D eigenvalue weighted by atomic mass is 16.2. The second kappa shape index (κ2) is 3.85. The Morgan fingerprint density at radius 3 is 2.65 bits per heavy atom. The first-order chi connectivity index (χ1) is 7.91. The summed E-state index contributed by atoms with van der Waals surface area (Å²) in [4.78, 5) is 24.3. The van der Waals surface area contributed by atoms with Gasteiger partial charge in [-0.2, -0.15) is 0 Å². The van der Waals surface area contributed by atoms with Gasteiger partial charge in [0.05, 0.1) is 5.69 Å². The molecule has 1 heterocycles. The van der Waals surface area contributed by atoms with E-state index >= 15 is 0 Å². The van der Waals surface area contributed by atoms with Crippen LogP contribution in [0, 0.1) is 13.8 Å². The zero-order valence-electron chi connectivity index (χ0n) is 9.86. The molecule has 5 heteroatoms. The van der Waals surface area contributed by atoms with Crippen LogP contribution in [0.4, 0.5) is 5.69 Å². The van der Waals surface area contributed by atoms with Crippen molar-refractivity contribution in [3.8, 4) is 0 Å². The van der Waals surface area contributed by atoms with Crippen LogP contribution in [-0.2, 0) is 9.59 Å². The van der Waals surface area contributed by atoms with Crippen LogP contribution < -0.4 is 16.4 Å². The molecule has 1 aromatic rings. The number of benzene rings is 1. The number of rotatable bonds is 2. The highest BCUT2D eigenvalue weighted by Crippen LogP contribution is 2.37. The monoisotopic (exact) mass is 233 g/mol. The predicted molar refractivity (Wildman–Crippen MR) is 64.4 cm³/mol. The molecule has 0 aliphatic carbocycles. The number of amides is 2. The highest BCUT2D eigenvalue weighted by molar-refractivity contribution is 6.07. The van der Waals surface area contributed by atoms with Gasteiger partial charge in [0.25, 0.3) is 0 Å². The number of carbonyl (C=O) groups excluding carboxylic acids is 2. The summed E-state index contributed by atoms with van der Waals surface area (Å²) in [7, 11) is 0. The zero-order chi connectivity index (χ0) is 12.7. The largest absolute Gasteiger partial charge is 0.368 e. The Morgan fingerprint density at radius 1 is 1.41 bits per heavy atom. The van der Waals surface area contributed by atoms with E-state index in [1.54, 1.807) is 0 Å². The van der Waals surface area contributed by atoms with E-state index in [0.29, 0.717) is 5.69 Å². The maximum absolute atomic E-state index is 12.0. The summed E-state index contributed by atoms with van der Waals surface area (Å²) in [6.07, 6.45) is 0. The van der Waals surface area contributed by atoms with E-state index in [2.05, 4.69) is 0 Å². The van der Waals surface area contributed by atoms with Crippen LogP contribution in [0.25, 0.3) is 0 Å². The molecule has 0 saturated heterocycles. The molecule has 5 nitrogen and oxygen atoms in total. The molecular formula is C12H15N3O2. The van der Waals surface area contributed by atoms with Crippen molar-refractivity contribution < 1.29 is 9.59 Å². The fourth-order valence-electron chi connectivity index (χ4n) is 2.31. The Morgan fingerprint density at radius 2 is 2.06 bits per heavy atom. The van der Waals surface area contributed by atoms with Gasteiger partial charge in [0, 0.05) is 5.56 Å². The Labute approximate surface area is 99.4 Å². The van der Waals surface area contributed by atoms with E-state index in [9.17, 15) is 9.59 Å². The van der Waals surface area contributed by atoms with Gasteiger partial charge >= 0.3 is 0 Å². The summed E-state index contributed by atoms with van der Waals surface area (Å²) in [6, 6.07) is 3.14. The van der Waals surface area contributed by atoms with Crippen LogP contribution in [-0.4, -0.2) is 18.4 Å². The van der Waals surface area contributed by atoms with Crippen LogP contribution in [0.3, 0.4) is 0 Å². The molecular weight excluding hydrogens is 218 g/mol. The average Bonchev–Trinajstić information content (AvgIpc) is 2.42. The maximum Gasteiger partial charge on any atom is 0.249 e. The maximum atomic E-state index is 12.0. The minimum atomic E-state index is -0.690. The van der Waals surface area contributed by atoms with Crippen molar-refractivity contribution in [2.75, 3.05) is 11.4 Å². The van der Waals surface area contributed by atoms with Gasteiger partial charge < -0.3 is 16.4 Å². The Balaban J connectivity index is 2.55. The zero-order valence-corrected chi connectivity index (χ0v) is 9.86. The molecule has 0 fully saturated rings. The highest BCUT2D eigenvalue weighted by Gasteiger charge is 2.36. The van der Waals surface area contributed by atoms with Gasteiger partial charge in [0.1, 0.15) is 12.6 Å². The van der Waals surface area contributed by atoms with E-state index in [4.69, 9.17) is 11.5 Å². The molecule has 2 rings (SSSR count). The van der Waals surface area contributed by atoms with Crippen LogP contribution in [0.15, 0.2) is 12.1 Å². The molecule has 1 unspecified atom stereocenters. The molecule has 1 atom stereocenters. The molecule has 90 valence electrons. The molecule has 0 saturated carbocycles. The number of hydrogen-bond acceptors (Lipinski definition) is 3. The van der Waals surface area contributed by atoms with Gasteiger partial charge in [0.15, 0.2) is 0 Å². The summed E-state index contributed by atoms with van der Waals surface area (Å²) in [6.45, 7) is 3.72. The van der Waals surface area contributed by atoms with Crippen LogP contribution >= 0.6 is 0 Å². The Bertz CT molecular complexity index is 511. The fourth-order valence-corrected chi connectivity index (χ4v) is 2.31. The van der Waals surface area contributed by atoms with Crippen molar-refractivity contribution >= 4 is 17.5 Å². The molecule has 4 N–H and O–H groups in total. The smallest absolute Gasteiger partial charge is 0.249 e. The molecule has 2 amide bonds. The van der Waals surface area contributed by atoms with Gasteiger partial charge in [-0.3, -0.25) is 9.59 Å². The molecule has 17 heavy (non-hydrogen) atoms. The van der Waals surface area contributed by atoms with Gasteiger partial charge in [-0.05, 0) is 31.0 Å². The van der Waals surface area contributed by atoms with E-state index < -0.39 is 11.9 Å². The van der Waals surface area contributed by atoms with Crippen molar-refractivity contribution in [2.45, 2.75) is 19.9 Å². The Kier molecular flexibility index (Phi) is 2.63. The first kappa shape index (κ1) is 11.6. The lowest BCUT2D eigenvalue weighted by Crippen LogP contribution is -2.38. The molecule has 1 aromatic carbocycles. The van der Waals surface area contributed by atoms with Gasteiger partial charge in [-0.1, -0.05) is 6.07 Å². The number of anilines is 1. The van der Waals surface area contributed by atoms with E-state index in [0.717, 1.165) is 16.7 Å². The van der Waals surface area contributed by atoms with E-state index in [-0.39, 0.29) is 12.5 Å². The third-order valence-electron chi connectivity index (χ3n) is 2.96. The standard InChI is InChI=1S/C12H15N3O2/c1-6-3-7(2)10-8(4-6)15(5-9(13)16)12(17)11(10)14/h3-4,11H,5,14H2,1-2H3,(H2,13,16). The van der Waals surface area contributed by atoms with Gasteiger partial charge in [-0.25, -0.2) is 0 Å². The first-order valence-corrected chi connectivity index (χ1v) is 5.38. The minimum Gasteiger partial charge on any atom is -0.368 e. The molecule has 0 radical (unpaired) electrons. The Hall–Kier alpha value is -1.88. The summed E-state index contributed by atoms with van der Waals surface area (Å²) in [5, 5.41) is 0. The molecule has 0 bridgehead atoms. The second-order valence-electron chi connectivity index (χ2n) is 4.38. The normalized spacial score (nSPS) is 18.4. The summed E-state index contributed by atoms with van der Waals surface area (Å²) in [5.74, 6) is -0.815. The topological polar surface area (TPSA) is 89.4 Å². The van der Waals surface area contributed by atoms with Crippen LogP contribution in [0.1, 0.15) is 22.7 Å². The molecule has 1 aliphatic heterocycles. The van der Waals surface area contributed by atoms with Crippen LogP contribution in [0.2, 0.25) is 0 Å². The molecule has 0 spiro atoms. The van der Waals surface area contributed by atoms with Crippen molar-refractivity contribution in [1.29, 1.82) is 0 Å². The average molecular weight is 233 g/mol. The lowest BCUT2D eigenvalue weighted by molar-refractivity contribution is -0.122. The molecule has 1 aliphatic rings. The number of nitrogens with zero attached hydrogens (tertiary/aromatic N) is 1. The molecule has 0 aromatic heterocycles. The van der Waals surface area contributed by atoms with Crippen molar-refractivity contribution in [3.63, 3.8) is 0 Å². The van der Waals surface area contributed by atoms with E-state index in [1.807, 2.05) is 26.0 Å². The first-order valence-electron chi connectivity index (χ1n) is 5.38. The number of primary amides is 1. The lowest BCUT2D eigenvalue weighted by atomic mass is 10.0. The third-order valence-corrected chi connectivity index (χ3v) is 2.96. The summed E-state index contributed by atoms with van der Waals surface area (Å²) >= 11 is 0. The third kappa shape index (κ3) is 1.78. The summed E-state index contributed by atoms with van der Waals surface area (Å²) < 4.78 is 0. The van der Waals surface area contributed by atoms with Gasteiger partial charge in [-0.15, -0.1) is 0 Å². The number of carbonyl (C=O) groups is 2. The second-order valence-corrected chi connectivity index (χ2v) is 4.38. The number of fused-ring (bicyclic) bond motifs is 1. The number of hydrogen-bond donors (Lipinski definition) is 2. The van der Waals surface area contributed by atoms with Crippen molar-refractivity contribution in [1.82, 2.24) is 0 Å². The number of nitrogens with two attached hydrogens (primary N) is 2. The SMILES string of the molecule is Cc1cc(C)c2c(c1)N(CC(N)=O)C(=O)C2N. The lowest BCUT2D eigenvalue weighted by Gasteiger charge is -2.16. The fraction of sp³-hybridized carbons (Fsp3) is 0.333. The van der Waals surface area contributed by atoms with E-state index in [1.165, 1.54) is 4.90 Å². The van der Waals surface area contributed by atoms with Gasteiger partial charge in [0.2, 0.25) is 11.8 Å².